The smallest absolute Gasteiger partial charge is 0.231 e. The van der Waals surface area contributed by atoms with Crippen LogP contribution in [0.3, 0.4) is 0 Å². The van der Waals surface area contributed by atoms with Gasteiger partial charge in [0.25, 0.3) is 0 Å². The summed E-state index contributed by atoms with van der Waals surface area (Å²) in [6, 6.07) is 9.96. The fraction of sp³-hybridized carbons (Fsp3) is 0.381. The van der Waals surface area contributed by atoms with Crippen molar-refractivity contribution in [2.45, 2.75) is 41.9 Å². The van der Waals surface area contributed by atoms with E-state index >= 15 is 0 Å². The first-order valence-electron chi connectivity index (χ1n) is 9.02. The van der Waals surface area contributed by atoms with E-state index < -0.39 is 0 Å². The van der Waals surface area contributed by atoms with Crippen LogP contribution in [0.5, 0.6) is 5.75 Å². The number of nitrogens with zero attached hydrogens (tertiary/aromatic N) is 1. The highest BCUT2D eigenvalue weighted by Crippen LogP contribution is 2.43. The molecule has 0 aromatic heterocycles. The van der Waals surface area contributed by atoms with Crippen LogP contribution in [-0.4, -0.2) is 31.3 Å². The minimum atomic E-state index is 0.127. The topological polar surface area (TPSA) is 49.8 Å². The number of rotatable bonds is 3. The van der Waals surface area contributed by atoms with Gasteiger partial charge in [-0.1, -0.05) is 17.8 Å². The minimum Gasteiger partial charge on any atom is -0.507 e. The Balaban J connectivity index is 1.64. The van der Waals surface area contributed by atoms with Crippen LogP contribution in [0.1, 0.15) is 35.4 Å². The van der Waals surface area contributed by atoms with Gasteiger partial charge in [0.15, 0.2) is 0 Å². The van der Waals surface area contributed by atoms with Crippen LogP contribution in [0.4, 0.5) is 5.69 Å². The van der Waals surface area contributed by atoms with E-state index in [1.165, 1.54) is 5.56 Å². The lowest BCUT2D eigenvalue weighted by Gasteiger charge is -2.25. The zero-order chi connectivity index (χ0) is 18.3. The molecule has 4 rings (SSSR count). The summed E-state index contributed by atoms with van der Waals surface area (Å²) in [5.74, 6) is 0.940. The van der Waals surface area contributed by atoms with E-state index in [1.807, 2.05) is 25.2 Å². The number of benzene rings is 2. The third-order valence-electron chi connectivity index (χ3n) is 5.44. The SMILES string of the molecule is Cc1c(C2CCOCC2)ccc(O)c1Sc1ccc2c(c1)CC(=O)N2C. The highest BCUT2D eigenvalue weighted by Gasteiger charge is 2.25. The molecular weight excluding hydrogens is 346 g/mol. The predicted molar refractivity (Wildman–Crippen MR) is 103 cm³/mol. The average Bonchev–Trinajstić information content (AvgIpc) is 2.93. The fourth-order valence-electron chi connectivity index (χ4n) is 3.90. The molecule has 2 aromatic rings. The lowest BCUT2D eigenvalue weighted by molar-refractivity contribution is -0.117. The van der Waals surface area contributed by atoms with Gasteiger partial charge in [-0.15, -0.1) is 0 Å². The molecule has 2 aliphatic rings. The van der Waals surface area contributed by atoms with E-state index in [0.29, 0.717) is 18.1 Å². The molecule has 0 spiro atoms. The van der Waals surface area contributed by atoms with Crippen molar-refractivity contribution in [1.29, 1.82) is 0 Å². The van der Waals surface area contributed by atoms with Crippen LogP contribution >= 0.6 is 11.8 Å². The molecule has 4 nitrogen and oxygen atoms in total. The molecule has 5 heteroatoms. The zero-order valence-corrected chi connectivity index (χ0v) is 15.9. The Hall–Kier alpha value is -1.98. The number of phenols is 1. The number of aromatic hydroxyl groups is 1. The second-order valence-electron chi connectivity index (χ2n) is 7.04. The van der Waals surface area contributed by atoms with Crippen LogP contribution in [0.15, 0.2) is 40.1 Å². The molecule has 1 saturated heterocycles. The molecule has 2 aromatic carbocycles. The number of likely N-dealkylation sites (N-methyl/N-ethyl adjacent to an activating group) is 1. The van der Waals surface area contributed by atoms with Gasteiger partial charge in [0.05, 0.1) is 11.3 Å². The number of carbonyl (C=O) groups excluding carboxylic acids is 1. The Labute approximate surface area is 158 Å². The summed E-state index contributed by atoms with van der Waals surface area (Å²) in [6.45, 7) is 3.71. The van der Waals surface area contributed by atoms with Gasteiger partial charge in [0.2, 0.25) is 5.91 Å². The van der Waals surface area contributed by atoms with E-state index in [0.717, 1.165) is 52.7 Å². The van der Waals surface area contributed by atoms with E-state index in [9.17, 15) is 9.90 Å². The van der Waals surface area contributed by atoms with Crippen molar-refractivity contribution in [1.82, 2.24) is 0 Å². The molecule has 26 heavy (non-hydrogen) atoms. The van der Waals surface area contributed by atoms with Crippen LogP contribution in [-0.2, 0) is 16.0 Å². The molecule has 0 radical (unpaired) electrons. The van der Waals surface area contributed by atoms with Crippen LogP contribution in [0, 0.1) is 6.92 Å². The summed E-state index contributed by atoms with van der Waals surface area (Å²) in [4.78, 5) is 15.6. The molecular formula is C21H23NO3S. The highest BCUT2D eigenvalue weighted by atomic mass is 32.2. The van der Waals surface area contributed by atoms with Crippen molar-refractivity contribution < 1.29 is 14.6 Å². The van der Waals surface area contributed by atoms with Crippen molar-refractivity contribution in [3.63, 3.8) is 0 Å². The maximum Gasteiger partial charge on any atom is 0.231 e. The van der Waals surface area contributed by atoms with Crippen molar-refractivity contribution in [3.05, 3.63) is 47.0 Å². The largest absolute Gasteiger partial charge is 0.507 e. The molecule has 2 heterocycles. The Morgan fingerprint density at radius 3 is 2.73 bits per heavy atom. The molecule has 1 amide bonds. The monoisotopic (exact) mass is 369 g/mol. The van der Waals surface area contributed by atoms with E-state index in [1.54, 1.807) is 16.7 Å². The van der Waals surface area contributed by atoms with Gasteiger partial charge in [-0.2, -0.15) is 0 Å². The molecule has 0 unspecified atom stereocenters. The van der Waals surface area contributed by atoms with Gasteiger partial charge in [0.1, 0.15) is 5.75 Å². The van der Waals surface area contributed by atoms with E-state index in [-0.39, 0.29) is 5.91 Å². The summed E-state index contributed by atoms with van der Waals surface area (Å²) in [7, 11) is 1.81. The minimum absolute atomic E-state index is 0.127. The van der Waals surface area contributed by atoms with Crippen LogP contribution in [0.25, 0.3) is 0 Å². The number of hydrogen-bond acceptors (Lipinski definition) is 4. The first-order chi connectivity index (χ1) is 12.5. The number of carbonyl (C=O) groups is 1. The van der Waals surface area contributed by atoms with Gasteiger partial charge in [-0.25, -0.2) is 0 Å². The second-order valence-corrected chi connectivity index (χ2v) is 8.12. The zero-order valence-electron chi connectivity index (χ0n) is 15.1. The van der Waals surface area contributed by atoms with Gasteiger partial charge < -0.3 is 14.7 Å². The number of ether oxygens (including phenoxy) is 1. The van der Waals surface area contributed by atoms with Gasteiger partial charge in [-0.05, 0) is 66.6 Å². The molecule has 0 aliphatic carbocycles. The normalized spacial score (nSPS) is 17.6. The molecule has 0 bridgehead atoms. The molecule has 0 atom stereocenters. The molecule has 2 aliphatic heterocycles. The maximum absolute atomic E-state index is 11.9. The number of hydrogen-bond donors (Lipinski definition) is 1. The van der Waals surface area contributed by atoms with Crippen molar-refractivity contribution in [2.24, 2.45) is 0 Å². The number of phenolic OH excluding ortho intramolecular Hbond substituents is 1. The second kappa shape index (κ2) is 6.97. The predicted octanol–water partition coefficient (Wildman–Crippen LogP) is 4.26. The Kier molecular flexibility index (Phi) is 4.67. The Morgan fingerprint density at radius 2 is 1.96 bits per heavy atom. The summed E-state index contributed by atoms with van der Waals surface area (Å²) in [5.41, 5.74) is 4.50. The molecule has 1 N–H and O–H groups in total. The van der Waals surface area contributed by atoms with Crippen molar-refractivity contribution in [2.75, 3.05) is 25.2 Å². The lowest BCUT2D eigenvalue weighted by Crippen LogP contribution is -2.20. The van der Waals surface area contributed by atoms with Crippen molar-refractivity contribution >= 4 is 23.4 Å². The Bertz CT molecular complexity index is 859. The number of amides is 1. The fourth-order valence-corrected chi connectivity index (χ4v) is 4.92. The standard InChI is InChI=1S/C21H23NO3S/c1-13-17(14-7-9-25-10-8-14)4-6-19(23)21(13)26-16-3-5-18-15(11-16)12-20(24)22(18)2/h3-6,11,14,23H,7-10,12H2,1-2H3. The summed E-state index contributed by atoms with van der Waals surface area (Å²) < 4.78 is 5.48. The third kappa shape index (κ3) is 3.10. The van der Waals surface area contributed by atoms with Gasteiger partial charge in [0, 0.05) is 30.8 Å². The van der Waals surface area contributed by atoms with E-state index in [4.69, 9.17) is 4.74 Å². The first-order valence-corrected chi connectivity index (χ1v) is 9.84. The summed E-state index contributed by atoms with van der Waals surface area (Å²) >= 11 is 1.58. The number of anilines is 1. The van der Waals surface area contributed by atoms with Crippen LogP contribution < -0.4 is 4.90 Å². The lowest BCUT2D eigenvalue weighted by atomic mass is 9.88. The quantitative estimate of drug-likeness (QED) is 0.878. The third-order valence-corrected chi connectivity index (χ3v) is 6.65. The van der Waals surface area contributed by atoms with Gasteiger partial charge in [-0.3, -0.25) is 4.79 Å². The van der Waals surface area contributed by atoms with Crippen LogP contribution in [0.2, 0.25) is 0 Å². The van der Waals surface area contributed by atoms with Crippen molar-refractivity contribution in [3.8, 4) is 5.75 Å². The molecule has 0 saturated carbocycles. The van der Waals surface area contributed by atoms with Gasteiger partial charge >= 0.3 is 0 Å². The molecule has 1 fully saturated rings. The maximum atomic E-state index is 11.9. The summed E-state index contributed by atoms with van der Waals surface area (Å²) in [5, 5.41) is 10.4. The average molecular weight is 369 g/mol. The first kappa shape index (κ1) is 17.4. The molecule has 136 valence electrons. The highest BCUT2D eigenvalue weighted by molar-refractivity contribution is 7.99. The Morgan fingerprint density at radius 1 is 1.19 bits per heavy atom. The van der Waals surface area contributed by atoms with E-state index in [2.05, 4.69) is 19.1 Å². The number of fused-ring (bicyclic) bond motifs is 1. The summed E-state index contributed by atoms with van der Waals surface area (Å²) in [6.07, 6.45) is 2.51.